The molecule has 0 spiro atoms. The van der Waals surface area contributed by atoms with Gasteiger partial charge in [0, 0.05) is 23.6 Å². The molecular formula is C21H23ClFN5O2. The van der Waals surface area contributed by atoms with Crippen LogP contribution in [0.25, 0.3) is 10.9 Å². The SMILES string of the molecule is CCN[C@@H](C)C(=O)NCc1cc2c(Nc3cccc(Cl)c3F)ncnc2cc1OC. The van der Waals surface area contributed by atoms with Crippen molar-refractivity contribution in [3.05, 3.63) is 53.1 Å². The number of anilines is 2. The first-order chi connectivity index (χ1) is 14.4. The van der Waals surface area contributed by atoms with Crippen LogP contribution in [-0.4, -0.2) is 35.6 Å². The average molecular weight is 432 g/mol. The summed E-state index contributed by atoms with van der Waals surface area (Å²) in [7, 11) is 1.55. The molecule has 1 atom stereocenters. The molecule has 0 bridgehead atoms. The summed E-state index contributed by atoms with van der Waals surface area (Å²) in [5.41, 5.74) is 1.56. The fourth-order valence-corrected chi connectivity index (χ4v) is 3.19. The number of nitrogens with one attached hydrogen (secondary N) is 3. The van der Waals surface area contributed by atoms with Gasteiger partial charge in [-0.1, -0.05) is 24.6 Å². The lowest BCUT2D eigenvalue weighted by atomic mass is 10.1. The Morgan fingerprint density at radius 1 is 1.30 bits per heavy atom. The molecule has 30 heavy (non-hydrogen) atoms. The Labute approximate surface area is 179 Å². The maximum Gasteiger partial charge on any atom is 0.237 e. The fourth-order valence-electron chi connectivity index (χ4n) is 3.02. The molecule has 0 fully saturated rings. The molecule has 0 saturated carbocycles. The lowest BCUT2D eigenvalue weighted by Crippen LogP contribution is -2.41. The van der Waals surface area contributed by atoms with Gasteiger partial charge in [0.1, 0.15) is 17.9 Å². The summed E-state index contributed by atoms with van der Waals surface area (Å²) in [6.07, 6.45) is 1.38. The molecular weight excluding hydrogens is 409 g/mol. The maximum absolute atomic E-state index is 14.3. The number of nitrogens with zero attached hydrogens (tertiary/aromatic N) is 2. The Kier molecular flexibility index (Phi) is 7.02. The molecule has 7 nitrogen and oxygen atoms in total. The number of carbonyl (C=O) groups excluding carboxylic acids is 1. The van der Waals surface area contributed by atoms with Crippen LogP contribution in [0.15, 0.2) is 36.7 Å². The standard InChI is InChI=1S/C21H23ClFN5O2/c1-4-24-12(2)21(29)25-10-13-8-14-17(9-18(13)30-3)26-11-27-20(14)28-16-7-5-6-15(22)19(16)23/h5-9,11-12,24H,4,10H2,1-3H3,(H,25,29)(H,26,27,28)/t12-/m0/s1. The Morgan fingerprint density at radius 2 is 2.10 bits per heavy atom. The Morgan fingerprint density at radius 3 is 2.83 bits per heavy atom. The highest BCUT2D eigenvalue weighted by Gasteiger charge is 2.15. The van der Waals surface area contributed by atoms with Gasteiger partial charge in [0.2, 0.25) is 5.91 Å². The number of rotatable bonds is 8. The van der Waals surface area contributed by atoms with E-state index in [0.29, 0.717) is 29.0 Å². The van der Waals surface area contributed by atoms with Crippen LogP contribution in [0.2, 0.25) is 5.02 Å². The first-order valence-electron chi connectivity index (χ1n) is 9.48. The molecule has 0 aliphatic rings. The van der Waals surface area contributed by atoms with E-state index in [1.807, 2.05) is 13.0 Å². The van der Waals surface area contributed by atoms with Crippen molar-refractivity contribution in [3.63, 3.8) is 0 Å². The molecule has 3 rings (SSSR count). The van der Waals surface area contributed by atoms with Crippen LogP contribution >= 0.6 is 11.6 Å². The lowest BCUT2D eigenvalue weighted by Gasteiger charge is -2.16. The Balaban J connectivity index is 1.94. The van der Waals surface area contributed by atoms with Crippen molar-refractivity contribution in [1.29, 1.82) is 0 Å². The summed E-state index contributed by atoms with van der Waals surface area (Å²) < 4.78 is 19.8. The molecule has 0 aliphatic carbocycles. The number of ether oxygens (including phenoxy) is 1. The highest BCUT2D eigenvalue weighted by molar-refractivity contribution is 6.31. The summed E-state index contributed by atoms with van der Waals surface area (Å²) in [5.74, 6) is 0.307. The predicted octanol–water partition coefficient (Wildman–Crippen LogP) is 3.79. The highest BCUT2D eigenvalue weighted by atomic mass is 35.5. The number of fused-ring (bicyclic) bond motifs is 1. The van der Waals surface area contributed by atoms with Crippen LogP contribution in [0.5, 0.6) is 5.75 Å². The van der Waals surface area contributed by atoms with Crippen LogP contribution < -0.4 is 20.7 Å². The van der Waals surface area contributed by atoms with Crippen molar-refractivity contribution < 1.29 is 13.9 Å². The summed E-state index contributed by atoms with van der Waals surface area (Å²) >= 11 is 5.87. The molecule has 1 heterocycles. The second-order valence-electron chi connectivity index (χ2n) is 6.63. The highest BCUT2D eigenvalue weighted by Crippen LogP contribution is 2.31. The zero-order valence-corrected chi connectivity index (χ0v) is 17.7. The molecule has 0 unspecified atom stereocenters. The summed E-state index contributed by atoms with van der Waals surface area (Å²) in [6, 6.07) is 7.95. The zero-order valence-electron chi connectivity index (χ0n) is 16.9. The summed E-state index contributed by atoms with van der Waals surface area (Å²) in [5, 5.41) is 9.59. The number of aromatic nitrogens is 2. The van der Waals surface area contributed by atoms with E-state index in [4.69, 9.17) is 16.3 Å². The number of amides is 1. The Hall–Kier alpha value is -2.97. The molecule has 158 valence electrons. The second-order valence-corrected chi connectivity index (χ2v) is 7.03. The second kappa shape index (κ2) is 9.69. The van der Waals surface area contributed by atoms with E-state index in [1.54, 1.807) is 32.2 Å². The zero-order chi connectivity index (χ0) is 21.7. The third-order valence-electron chi connectivity index (χ3n) is 4.60. The van der Waals surface area contributed by atoms with Gasteiger partial charge in [0.15, 0.2) is 5.82 Å². The minimum absolute atomic E-state index is 0.0123. The number of benzene rings is 2. The van der Waals surface area contributed by atoms with Crippen LogP contribution in [0.1, 0.15) is 19.4 Å². The molecule has 1 amide bonds. The summed E-state index contributed by atoms with van der Waals surface area (Å²) in [6.45, 7) is 4.69. The van der Waals surface area contributed by atoms with Crippen molar-refractivity contribution in [2.45, 2.75) is 26.4 Å². The molecule has 2 aromatic carbocycles. The third-order valence-corrected chi connectivity index (χ3v) is 4.89. The van der Waals surface area contributed by atoms with E-state index in [-0.39, 0.29) is 29.2 Å². The molecule has 9 heteroatoms. The van der Waals surface area contributed by atoms with Crippen molar-refractivity contribution in [2.24, 2.45) is 0 Å². The van der Waals surface area contributed by atoms with Gasteiger partial charge in [-0.15, -0.1) is 0 Å². The quantitative estimate of drug-likeness (QED) is 0.503. The first kappa shape index (κ1) is 21.7. The predicted molar refractivity (Wildman–Crippen MR) is 116 cm³/mol. The molecule has 1 aromatic heterocycles. The molecule has 3 aromatic rings. The largest absolute Gasteiger partial charge is 0.496 e. The van der Waals surface area contributed by atoms with Crippen LogP contribution in [0, 0.1) is 5.82 Å². The number of hydrogen-bond donors (Lipinski definition) is 3. The molecule has 0 radical (unpaired) electrons. The van der Waals surface area contributed by atoms with Crippen LogP contribution in [-0.2, 0) is 11.3 Å². The van der Waals surface area contributed by atoms with Crippen LogP contribution in [0.4, 0.5) is 15.9 Å². The van der Waals surface area contributed by atoms with Gasteiger partial charge < -0.3 is 20.7 Å². The maximum atomic E-state index is 14.3. The number of halogens is 2. The van der Waals surface area contributed by atoms with Crippen LogP contribution in [0.3, 0.4) is 0 Å². The van der Waals surface area contributed by atoms with Crippen molar-refractivity contribution in [3.8, 4) is 5.75 Å². The van der Waals surface area contributed by atoms with E-state index in [9.17, 15) is 9.18 Å². The smallest absolute Gasteiger partial charge is 0.237 e. The third kappa shape index (κ3) is 4.77. The van der Waals surface area contributed by atoms with Crippen molar-refractivity contribution in [2.75, 3.05) is 19.0 Å². The van der Waals surface area contributed by atoms with E-state index in [1.165, 1.54) is 12.4 Å². The lowest BCUT2D eigenvalue weighted by molar-refractivity contribution is -0.122. The Bertz CT molecular complexity index is 1060. The number of carbonyl (C=O) groups is 1. The van der Waals surface area contributed by atoms with E-state index >= 15 is 0 Å². The minimum atomic E-state index is -0.565. The van der Waals surface area contributed by atoms with Gasteiger partial charge in [-0.25, -0.2) is 14.4 Å². The van der Waals surface area contributed by atoms with Gasteiger partial charge in [-0.2, -0.15) is 0 Å². The van der Waals surface area contributed by atoms with E-state index in [0.717, 1.165) is 5.56 Å². The van der Waals surface area contributed by atoms with E-state index < -0.39 is 5.82 Å². The normalized spacial score (nSPS) is 11.9. The molecule has 0 aliphatic heterocycles. The molecule has 0 saturated heterocycles. The number of likely N-dealkylation sites (N-methyl/N-ethyl adjacent to an activating group) is 1. The van der Waals surface area contributed by atoms with Gasteiger partial charge in [0.05, 0.1) is 29.4 Å². The van der Waals surface area contributed by atoms with Crippen molar-refractivity contribution in [1.82, 2.24) is 20.6 Å². The van der Waals surface area contributed by atoms with Gasteiger partial charge in [-0.05, 0) is 31.7 Å². The average Bonchev–Trinajstić information content (AvgIpc) is 2.75. The number of methoxy groups -OCH3 is 1. The van der Waals surface area contributed by atoms with Gasteiger partial charge >= 0.3 is 0 Å². The monoisotopic (exact) mass is 431 g/mol. The topological polar surface area (TPSA) is 88.2 Å². The van der Waals surface area contributed by atoms with Crippen molar-refractivity contribution >= 4 is 39.9 Å². The van der Waals surface area contributed by atoms with E-state index in [2.05, 4.69) is 25.9 Å². The van der Waals surface area contributed by atoms with Gasteiger partial charge in [0.25, 0.3) is 0 Å². The molecule has 3 N–H and O–H groups in total. The minimum Gasteiger partial charge on any atom is -0.496 e. The van der Waals surface area contributed by atoms with Gasteiger partial charge in [-0.3, -0.25) is 4.79 Å². The number of hydrogen-bond acceptors (Lipinski definition) is 6. The first-order valence-corrected chi connectivity index (χ1v) is 9.86. The summed E-state index contributed by atoms with van der Waals surface area (Å²) in [4.78, 5) is 20.8. The fraction of sp³-hybridized carbons (Fsp3) is 0.286.